The van der Waals surface area contributed by atoms with Crippen LogP contribution in [0.4, 0.5) is 0 Å². The van der Waals surface area contributed by atoms with Gasteiger partial charge in [0, 0.05) is 33.8 Å². The summed E-state index contributed by atoms with van der Waals surface area (Å²) >= 11 is 0. The maximum absolute atomic E-state index is 7.43. The summed E-state index contributed by atoms with van der Waals surface area (Å²) in [6.07, 6.45) is 0.550. The van der Waals surface area contributed by atoms with Crippen LogP contribution in [0.1, 0.15) is 86.5 Å². The van der Waals surface area contributed by atoms with Gasteiger partial charge in [-0.2, -0.15) is 0 Å². The minimum atomic E-state index is -2.10. The molecule has 1 aromatic rings. The van der Waals surface area contributed by atoms with Crippen LogP contribution < -0.4 is 4.74 Å². The molecule has 2 heterocycles. The SMILES string of the molecule is CC[Si](CC)(CC)O[C@H]1[C@H]([C@H](C)C[C@@H]2COC(C)(C)O2)O[C@H](c2ccc(OC)cc2)O[C@@H]1C[C@H](C[C@@H](C)[C@H](C)OCOCC[Si](C)(C)C)OCOC. The van der Waals surface area contributed by atoms with Gasteiger partial charge in [0.1, 0.15) is 19.3 Å². The van der Waals surface area contributed by atoms with Crippen LogP contribution in [0.5, 0.6) is 5.75 Å². The molecule has 1 aromatic carbocycles. The molecular weight excluding hydrogens is 697 g/mol. The van der Waals surface area contributed by atoms with Crippen LogP contribution in [0.15, 0.2) is 24.3 Å². The summed E-state index contributed by atoms with van der Waals surface area (Å²) in [5, 5.41) is 0. The Kier molecular flexibility index (Phi) is 18.7. The fourth-order valence-electron chi connectivity index (χ4n) is 7.14. The molecule has 3 rings (SSSR count). The molecule has 0 radical (unpaired) electrons. The van der Waals surface area contributed by atoms with Gasteiger partial charge in [-0.3, -0.25) is 0 Å². The van der Waals surface area contributed by atoms with Crippen molar-refractivity contribution in [2.24, 2.45) is 11.8 Å². The Labute approximate surface area is 318 Å². The topological polar surface area (TPSA) is 92.3 Å². The third-order valence-electron chi connectivity index (χ3n) is 11.0. The lowest BCUT2D eigenvalue weighted by atomic mass is 9.87. The van der Waals surface area contributed by atoms with Gasteiger partial charge in [0.2, 0.25) is 0 Å². The highest BCUT2D eigenvalue weighted by atomic mass is 28.4. The van der Waals surface area contributed by atoms with Crippen molar-refractivity contribution in [1.29, 1.82) is 0 Å². The molecule has 2 aliphatic rings. The molecule has 10 nitrogen and oxygen atoms in total. The van der Waals surface area contributed by atoms with E-state index in [9.17, 15) is 0 Å². The monoisotopic (exact) mass is 770 g/mol. The second kappa shape index (κ2) is 21.4. The molecule has 12 heteroatoms. The van der Waals surface area contributed by atoms with E-state index in [1.807, 2.05) is 38.1 Å². The maximum Gasteiger partial charge on any atom is 0.192 e. The van der Waals surface area contributed by atoms with Crippen LogP contribution in [-0.4, -0.2) is 99.8 Å². The van der Waals surface area contributed by atoms with Crippen LogP contribution in [0.2, 0.25) is 43.8 Å². The first-order valence-corrected chi connectivity index (χ1v) is 26.1. The van der Waals surface area contributed by atoms with E-state index in [-0.39, 0.29) is 55.3 Å². The van der Waals surface area contributed by atoms with Crippen molar-refractivity contribution in [3.63, 3.8) is 0 Å². The van der Waals surface area contributed by atoms with E-state index in [0.29, 0.717) is 19.8 Å². The molecule has 0 saturated carbocycles. The molecule has 2 fully saturated rings. The molecule has 0 N–H and O–H groups in total. The largest absolute Gasteiger partial charge is 0.497 e. The second-order valence-electron chi connectivity index (χ2n) is 16.7. The number of ether oxygens (including phenoxy) is 9. The average molecular weight is 771 g/mol. The van der Waals surface area contributed by atoms with E-state index >= 15 is 0 Å². The standard InChI is InChI=1S/C40H74O10Si2/c1-14-52(15-2,16-3)50-38-36(25-34(45-27-41-9)23-29(4)31(6)44-28-43-21-22-51(11,12)13)47-39(32-17-19-33(42-10)20-18-32)48-37(38)30(5)24-35-26-46-40(7,8)49-35/h17-20,29-31,34-39H,14-16,21-28H2,1-13H3/t29-,30-,31+,34+,35-,36-,37+,38-,39-/m1/s1. The summed E-state index contributed by atoms with van der Waals surface area (Å²) in [6, 6.07) is 12.1. The molecule has 0 unspecified atom stereocenters. The van der Waals surface area contributed by atoms with Gasteiger partial charge in [-0.25, -0.2) is 0 Å². The zero-order chi connectivity index (χ0) is 38.5. The van der Waals surface area contributed by atoms with Crippen molar-refractivity contribution in [3.8, 4) is 5.75 Å². The number of hydrogen-bond acceptors (Lipinski definition) is 10. The number of methoxy groups -OCH3 is 2. The summed E-state index contributed by atoms with van der Waals surface area (Å²) in [7, 11) is 0.0802. The van der Waals surface area contributed by atoms with Crippen molar-refractivity contribution in [3.05, 3.63) is 29.8 Å². The third kappa shape index (κ3) is 14.3. The van der Waals surface area contributed by atoms with Crippen LogP contribution in [-0.2, 0) is 42.3 Å². The van der Waals surface area contributed by atoms with Crippen molar-refractivity contribution < 1.29 is 47.1 Å². The minimum absolute atomic E-state index is 0.0128. The lowest BCUT2D eigenvalue weighted by Gasteiger charge is -2.48. The second-order valence-corrected chi connectivity index (χ2v) is 27.1. The Balaban J connectivity index is 1.91. The van der Waals surface area contributed by atoms with Crippen LogP contribution in [0.3, 0.4) is 0 Å². The van der Waals surface area contributed by atoms with E-state index in [0.717, 1.165) is 54.9 Å². The predicted octanol–water partition coefficient (Wildman–Crippen LogP) is 9.17. The molecule has 9 atom stereocenters. The van der Waals surface area contributed by atoms with E-state index in [4.69, 9.17) is 47.1 Å². The Morgan fingerprint density at radius 3 is 2.12 bits per heavy atom. The third-order valence-corrected chi connectivity index (χ3v) is 17.3. The zero-order valence-electron chi connectivity index (χ0n) is 34.9. The van der Waals surface area contributed by atoms with Gasteiger partial charge in [0.15, 0.2) is 20.4 Å². The molecule has 0 spiro atoms. The lowest BCUT2D eigenvalue weighted by molar-refractivity contribution is -0.301. The molecule has 52 heavy (non-hydrogen) atoms. The first-order chi connectivity index (χ1) is 24.6. The normalized spacial score (nSPS) is 26.2. The number of benzene rings is 1. The van der Waals surface area contributed by atoms with Crippen LogP contribution in [0, 0.1) is 11.8 Å². The highest BCUT2D eigenvalue weighted by Gasteiger charge is 2.48. The zero-order valence-corrected chi connectivity index (χ0v) is 36.9. The Morgan fingerprint density at radius 1 is 0.885 bits per heavy atom. The Hall–Kier alpha value is -0.906. The van der Waals surface area contributed by atoms with Gasteiger partial charge < -0.3 is 47.1 Å². The van der Waals surface area contributed by atoms with Gasteiger partial charge in [-0.15, -0.1) is 0 Å². The minimum Gasteiger partial charge on any atom is -0.497 e. The fourth-order valence-corrected chi connectivity index (χ4v) is 10.8. The summed E-state index contributed by atoms with van der Waals surface area (Å²) < 4.78 is 63.1. The Bertz CT molecular complexity index is 1120. The van der Waals surface area contributed by atoms with E-state index < -0.39 is 28.5 Å². The molecule has 302 valence electrons. The smallest absolute Gasteiger partial charge is 0.192 e. The molecular formula is C40H74O10Si2. The number of rotatable bonds is 24. The van der Waals surface area contributed by atoms with Crippen LogP contribution in [0.25, 0.3) is 0 Å². The quantitative estimate of drug-likeness (QED) is 0.0576. The summed E-state index contributed by atoms with van der Waals surface area (Å²) in [5.41, 5.74) is 0.937. The maximum atomic E-state index is 7.43. The average Bonchev–Trinajstić information content (AvgIpc) is 3.46. The van der Waals surface area contributed by atoms with Crippen molar-refractivity contribution in [1.82, 2.24) is 0 Å². The van der Waals surface area contributed by atoms with E-state index in [1.165, 1.54) is 0 Å². The van der Waals surface area contributed by atoms with E-state index in [2.05, 4.69) is 61.2 Å². The van der Waals surface area contributed by atoms with Gasteiger partial charge in [-0.05, 0) is 81.8 Å². The first kappa shape index (κ1) is 45.5. The molecule has 0 bridgehead atoms. The fraction of sp³-hybridized carbons (Fsp3) is 0.850. The van der Waals surface area contributed by atoms with Crippen LogP contribution >= 0.6 is 0 Å². The van der Waals surface area contributed by atoms with E-state index in [1.54, 1.807) is 14.2 Å². The number of hydrogen-bond donors (Lipinski definition) is 0. The van der Waals surface area contributed by atoms with Gasteiger partial charge in [-0.1, -0.05) is 66.4 Å². The molecule has 0 amide bonds. The van der Waals surface area contributed by atoms with Gasteiger partial charge in [0.25, 0.3) is 0 Å². The molecule has 2 saturated heterocycles. The van der Waals surface area contributed by atoms with Gasteiger partial charge in [0.05, 0.1) is 50.3 Å². The summed E-state index contributed by atoms with van der Waals surface area (Å²) in [6.45, 7) is 26.2. The summed E-state index contributed by atoms with van der Waals surface area (Å²) in [5.74, 6) is 0.492. The Morgan fingerprint density at radius 2 is 1.56 bits per heavy atom. The highest BCUT2D eigenvalue weighted by molar-refractivity contribution is 6.76. The predicted molar refractivity (Wildman–Crippen MR) is 211 cm³/mol. The van der Waals surface area contributed by atoms with Crippen molar-refractivity contribution in [2.45, 2.75) is 167 Å². The first-order valence-electron chi connectivity index (χ1n) is 19.8. The van der Waals surface area contributed by atoms with Gasteiger partial charge >= 0.3 is 0 Å². The molecule has 0 aliphatic carbocycles. The van der Waals surface area contributed by atoms with Crippen molar-refractivity contribution >= 4 is 16.4 Å². The summed E-state index contributed by atoms with van der Waals surface area (Å²) in [4.78, 5) is 0. The molecule has 0 aromatic heterocycles. The molecule has 2 aliphatic heterocycles. The van der Waals surface area contributed by atoms with Crippen molar-refractivity contribution in [2.75, 3.05) is 41.0 Å². The lowest BCUT2D eigenvalue weighted by Crippen LogP contribution is -2.57. The highest BCUT2D eigenvalue weighted by Crippen LogP contribution is 2.42.